The van der Waals surface area contributed by atoms with Crippen LogP contribution in [-0.4, -0.2) is 13.1 Å². The Morgan fingerprint density at radius 1 is 1.00 bits per heavy atom. The highest BCUT2D eigenvalue weighted by Gasteiger charge is 2.30. The molecule has 2 aliphatic rings. The molecule has 0 N–H and O–H groups in total. The van der Waals surface area contributed by atoms with Crippen LogP contribution in [0.25, 0.3) is 0 Å². The number of hydrogen-bond acceptors (Lipinski definition) is 0. The van der Waals surface area contributed by atoms with Gasteiger partial charge < -0.3 is 0 Å². The van der Waals surface area contributed by atoms with Crippen LogP contribution in [0.5, 0.6) is 0 Å². The molecule has 1 saturated heterocycles. The topological polar surface area (TPSA) is 14.1 Å². The Morgan fingerprint density at radius 2 is 1.58 bits per heavy atom. The lowest BCUT2D eigenvalue weighted by atomic mass is 9.69. The predicted octanol–water partition coefficient (Wildman–Crippen LogP) is 2.44. The summed E-state index contributed by atoms with van der Waals surface area (Å²) in [4.78, 5) is 0. The van der Waals surface area contributed by atoms with Gasteiger partial charge in [-0.3, -0.25) is 0 Å². The summed E-state index contributed by atoms with van der Waals surface area (Å²) in [7, 11) is 0. The zero-order chi connectivity index (χ0) is 8.39. The molecule has 0 aromatic heterocycles. The lowest BCUT2D eigenvalue weighted by Gasteiger charge is -2.38. The Balaban J connectivity index is 1.80. The van der Waals surface area contributed by atoms with Gasteiger partial charge in [0.2, 0.25) is 0 Å². The summed E-state index contributed by atoms with van der Waals surface area (Å²) in [6.07, 6.45) is 7.26. The molecule has 0 bridgehead atoms. The van der Waals surface area contributed by atoms with Gasteiger partial charge in [0.25, 0.3) is 0 Å². The molecule has 0 aromatic carbocycles. The van der Waals surface area contributed by atoms with E-state index in [9.17, 15) is 0 Å². The predicted molar refractivity (Wildman–Crippen MR) is 51.1 cm³/mol. The maximum Gasteiger partial charge on any atom is 0.0136 e. The van der Waals surface area contributed by atoms with E-state index in [-0.39, 0.29) is 0 Å². The normalized spacial score (nSPS) is 29.8. The average molecular weight is 166 g/mol. The lowest BCUT2D eigenvalue weighted by Crippen LogP contribution is -2.32. The van der Waals surface area contributed by atoms with Gasteiger partial charge in [-0.25, -0.2) is 5.32 Å². The van der Waals surface area contributed by atoms with Crippen molar-refractivity contribution in [3.63, 3.8) is 0 Å². The first kappa shape index (κ1) is 8.55. The molecule has 1 aliphatic heterocycles. The molecule has 0 spiro atoms. The quantitative estimate of drug-likeness (QED) is 0.598. The smallest absolute Gasteiger partial charge is 0.0136 e. The molecule has 1 nitrogen and oxygen atoms in total. The van der Waals surface area contributed by atoms with Gasteiger partial charge in [0.1, 0.15) is 0 Å². The SMILES string of the molecule is CC(C1CCC1)C1CC[N]CC1. The monoisotopic (exact) mass is 166 g/mol. The van der Waals surface area contributed by atoms with E-state index in [2.05, 4.69) is 12.2 Å². The second-order valence-electron chi connectivity index (χ2n) is 4.56. The Labute approximate surface area is 75.9 Å². The largest absolute Gasteiger partial charge is 0.242 e. The fraction of sp³-hybridized carbons (Fsp3) is 1.00. The average Bonchev–Trinajstić information content (AvgIpc) is 2.03. The van der Waals surface area contributed by atoms with Gasteiger partial charge in [-0.1, -0.05) is 26.2 Å². The Bertz CT molecular complexity index is 134. The van der Waals surface area contributed by atoms with Gasteiger partial charge in [-0.05, 0) is 30.6 Å². The van der Waals surface area contributed by atoms with Crippen molar-refractivity contribution < 1.29 is 0 Å². The van der Waals surface area contributed by atoms with Crippen LogP contribution in [0, 0.1) is 17.8 Å². The highest BCUT2D eigenvalue weighted by molar-refractivity contribution is 4.82. The molecule has 1 atom stereocenters. The van der Waals surface area contributed by atoms with E-state index in [1.54, 1.807) is 0 Å². The summed E-state index contributed by atoms with van der Waals surface area (Å²) in [6.45, 7) is 4.75. The Morgan fingerprint density at radius 3 is 2.08 bits per heavy atom. The second-order valence-corrected chi connectivity index (χ2v) is 4.56. The van der Waals surface area contributed by atoms with Crippen LogP contribution >= 0.6 is 0 Å². The van der Waals surface area contributed by atoms with E-state index in [4.69, 9.17) is 0 Å². The molecule has 1 radical (unpaired) electrons. The Hall–Kier alpha value is -0.0400. The molecule has 1 saturated carbocycles. The van der Waals surface area contributed by atoms with Crippen LogP contribution in [0.3, 0.4) is 0 Å². The van der Waals surface area contributed by atoms with Crippen LogP contribution in [0.4, 0.5) is 0 Å². The van der Waals surface area contributed by atoms with Crippen molar-refractivity contribution in [3.05, 3.63) is 0 Å². The second kappa shape index (κ2) is 3.78. The fourth-order valence-corrected chi connectivity index (χ4v) is 2.65. The van der Waals surface area contributed by atoms with Crippen molar-refractivity contribution in [3.8, 4) is 0 Å². The van der Waals surface area contributed by atoms with Gasteiger partial charge in [0.05, 0.1) is 0 Å². The molecule has 1 aliphatic carbocycles. The minimum atomic E-state index is 0.995. The number of rotatable bonds is 2. The van der Waals surface area contributed by atoms with Gasteiger partial charge in [0.15, 0.2) is 0 Å². The molecule has 1 heterocycles. The summed E-state index contributed by atoms with van der Waals surface area (Å²) in [5.74, 6) is 3.08. The zero-order valence-electron chi connectivity index (χ0n) is 8.13. The van der Waals surface area contributed by atoms with Crippen molar-refractivity contribution in [1.29, 1.82) is 0 Å². The number of hydrogen-bond donors (Lipinski definition) is 0. The van der Waals surface area contributed by atoms with Crippen molar-refractivity contribution in [2.75, 3.05) is 13.1 Å². The van der Waals surface area contributed by atoms with Gasteiger partial charge in [0, 0.05) is 13.1 Å². The molecule has 12 heavy (non-hydrogen) atoms. The summed E-state index contributed by atoms with van der Waals surface area (Å²) in [6, 6.07) is 0. The molecular weight excluding hydrogens is 146 g/mol. The van der Waals surface area contributed by atoms with E-state index < -0.39 is 0 Å². The lowest BCUT2D eigenvalue weighted by molar-refractivity contribution is 0.135. The van der Waals surface area contributed by atoms with E-state index >= 15 is 0 Å². The molecule has 2 rings (SSSR count). The van der Waals surface area contributed by atoms with Gasteiger partial charge >= 0.3 is 0 Å². The van der Waals surface area contributed by atoms with Gasteiger partial charge in [-0.2, -0.15) is 0 Å². The molecule has 2 fully saturated rings. The van der Waals surface area contributed by atoms with Gasteiger partial charge in [-0.15, -0.1) is 0 Å². The standard InChI is InChI=1S/C11H20N/c1-9(10-3-2-4-10)11-5-7-12-8-6-11/h9-11H,2-8H2,1H3. The highest BCUT2D eigenvalue weighted by atomic mass is 14.9. The first-order valence-electron chi connectivity index (χ1n) is 5.51. The van der Waals surface area contributed by atoms with Crippen LogP contribution < -0.4 is 5.32 Å². The summed E-state index contributed by atoms with van der Waals surface area (Å²) >= 11 is 0. The minimum absolute atomic E-state index is 0.995. The zero-order valence-corrected chi connectivity index (χ0v) is 8.13. The summed E-state index contributed by atoms with van der Waals surface area (Å²) < 4.78 is 0. The van der Waals surface area contributed by atoms with E-state index in [1.165, 1.54) is 32.1 Å². The summed E-state index contributed by atoms with van der Waals surface area (Å²) in [5.41, 5.74) is 0. The van der Waals surface area contributed by atoms with Crippen molar-refractivity contribution in [2.45, 2.75) is 39.0 Å². The first-order valence-corrected chi connectivity index (χ1v) is 5.51. The highest BCUT2D eigenvalue weighted by Crippen LogP contribution is 2.39. The number of piperidine rings is 1. The van der Waals surface area contributed by atoms with Crippen LogP contribution in [-0.2, 0) is 0 Å². The Kier molecular flexibility index (Phi) is 2.69. The maximum atomic E-state index is 4.41. The van der Waals surface area contributed by atoms with Crippen molar-refractivity contribution in [2.24, 2.45) is 17.8 Å². The molecule has 1 unspecified atom stereocenters. The fourth-order valence-electron chi connectivity index (χ4n) is 2.65. The third-order valence-corrected chi connectivity index (χ3v) is 3.95. The maximum absolute atomic E-state index is 4.41. The van der Waals surface area contributed by atoms with E-state index in [0.29, 0.717) is 0 Å². The van der Waals surface area contributed by atoms with Crippen LogP contribution in [0.15, 0.2) is 0 Å². The molecule has 69 valence electrons. The number of nitrogens with zero attached hydrogens (tertiary/aromatic N) is 1. The molecule has 0 aromatic rings. The summed E-state index contributed by atoms with van der Waals surface area (Å²) in [5, 5.41) is 4.41. The van der Waals surface area contributed by atoms with Crippen molar-refractivity contribution in [1.82, 2.24) is 5.32 Å². The molecule has 1 heteroatoms. The van der Waals surface area contributed by atoms with E-state index in [0.717, 1.165) is 30.8 Å². The molecule has 0 amide bonds. The van der Waals surface area contributed by atoms with Crippen molar-refractivity contribution >= 4 is 0 Å². The third-order valence-electron chi connectivity index (χ3n) is 3.95. The van der Waals surface area contributed by atoms with Crippen LogP contribution in [0.2, 0.25) is 0 Å². The van der Waals surface area contributed by atoms with E-state index in [1.807, 2.05) is 0 Å². The first-order chi connectivity index (χ1) is 5.88. The van der Waals surface area contributed by atoms with Crippen LogP contribution in [0.1, 0.15) is 39.0 Å². The minimum Gasteiger partial charge on any atom is -0.242 e. The third kappa shape index (κ3) is 1.66. The molecular formula is C11H20N.